The molecule has 0 spiro atoms. The highest BCUT2D eigenvalue weighted by molar-refractivity contribution is 7.89. The number of aliphatic hydroxyl groups is 1. The van der Waals surface area contributed by atoms with E-state index in [0.29, 0.717) is 0 Å². The van der Waals surface area contributed by atoms with Crippen molar-refractivity contribution in [3.05, 3.63) is 0 Å². The maximum absolute atomic E-state index is 11.1. The van der Waals surface area contributed by atoms with Crippen LogP contribution in [0.1, 0.15) is 13.3 Å². The molecule has 1 unspecified atom stereocenters. The van der Waals surface area contributed by atoms with Gasteiger partial charge in [0.1, 0.15) is 6.61 Å². The summed E-state index contributed by atoms with van der Waals surface area (Å²) >= 11 is 0. The number of hydrogen-bond acceptors (Lipinski definition) is 5. The molecule has 6 nitrogen and oxygen atoms in total. The monoisotopic (exact) mass is 277 g/mol. The Morgan fingerprint density at radius 1 is 1.56 bits per heavy atom. The van der Waals surface area contributed by atoms with E-state index >= 15 is 0 Å². The molecule has 0 aromatic heterocycles. The van der Waals surface area contributed by atoms with Crippen molar-refractivity contribution in [1.82, 2.24) is 4.72 Å². The molecule has 0 saturated carbocycles. The molecule has 16 heavy (non-hydrogen) atoms. The minimum Gasteiger partial charge on any atom is -0.389 e. The highest BCUT2D eigenvalue weighted by Crippen LogP contribution is 2.02. The normalized spacial score (nSPS) is 12.9. The first kappa shape index (κ1) is 15.4. The van der Waals surface area contributed by atoms with Gasteiger partial charge in [-0.25, -0.2) is 12.6 Å². The van der Waals surface area contributed by atoms with Gasteiger partial charge in [0, 0.05) is 12.3 Å². The predicted octanol–water partition coefficient (Wildman–Crippen LogP) is -0.604. The fourth-order valence-electron chi connectivity index (χ4n) is 0.783. The number of halogens is 1. The molecule has 0 aliphatic rings. The molecule has 0 aliphatic carbocycles. The molecular formula is C7H15FNO5PS. The second kappa shape index (κ2) is 8.55. The lowest BCUT2D eigenvalue weighted by molar-refractivity contribution is -0.129. The minimum absolute atomic E-state index is 0.241. The molecule has 2 N–H and O–H groups in total. The van der Waals surface area contributed by atoms with Gasteiger partial charge in [0.05, 0.1) is 15.8 Å². The van der Waals surface area contributed by atoms with Crippen LogP contribution in [0.15, 0.2) is 0 Å². The fourth-order valence-corrected chi connectivity index (χ4v) is 1.28. The van der Waals surface area contributed by atoms with Crippen LogP contribution >= 0.6 is 9.55 Å². The topological polar surface area (TPSA) is 101 Å². The second-order valence-corrected chi connectivity index (χ2v) is 4.76. The van der Waals surface area contributed by atoms with Crippen LogP contribution in [-0.4, -0.2) is 39.5 Å². The average Bonchev–Trinajstić information content (AvgIpc) is 2.18. The van der Waals surface area contributed by atoms with E-state index in [1.165, 1.54) is 6.92 Å². The average molecular weight is 277 g/mol. The third-order valence-corrected chi connectivity index (χ3v) is 2.08. The van der Waals surface area contributed by atoms with Crippen LogP contribution in [0.25, 0.3) is 0 Å². The zero-order chi connectivity index (χ0) is 14.1. The van der Waals surface area contributed by atoms with Crippen LogP contribution < -0.4 is 4.72 Å². The number of aliphatic hydroxyl groups excluding tert-OH is 1. The van der Waals surface area contributed by atoms with Crippen LogP contribution in [0.2, 0.25) is 0 Å². The third-order valence-electron chi connectivity index (χ3n) is 1.48. The van der Waals surface area contributed by atoms with Gasteiger partial charge in [-0.05, 0) is 0 Å². The lowest BCUT2D eigenvalue weighted by Crippen LogP contribution is -2.32. The summed E-state index contributed by atoms with van der Waals surface area (Å²) in [6, 6.07) is 0. The van der Waals surface area contributed by atoms with Crippen molar-refractivity contribution in [3.63, 3.8) is 0 Å². The Morgan fingerprint density at radius 2 is 2.06 bits per heavy atom. The van der Waals surface area contributed by atoms with E-state index in [1.807, 2.05) is 0 Å². The summed E-state index contributed by atoms with van der Waals surface area (Å²) in [4.78, 5) is 22.1. The number of rotatable bonds is 6. The summed E-state index contributed by atoms with van der Waals surface area (Å²) in [5, 5.41) is 3.86. The van der Waals surface area contributed by atoms with Gasteiger partial charge in [-0.2, -0.15) is 0 Å². The largest absolute Gasteiger partial charge is 0.389 e. The van der Waals surface area contributed by atoms with E-state index in [1.54, 1.807) is 4.72 Å². The van der Waals surface area contributed by atoms with E-state index in [0.717, 1.165) is 15.8 Å². The van der Waals surface area contributed by atoms with Crippen molar-refractivity contribution in [2.45, 2.75) is 13.3 Å². The smallest absolute Gasteiger partial charge is 0.234 e. The molecule has 0 aliphatic heterocycles. The summed E-state index contributed by atoms with van der Waals surface area (Å²) in [5.74, 6) is -1.84. The number of carbonyl (C=O) groups excluding carboxylic acids is 2. The molecule has 0 saturated heterocycles. The summed E-state index contributed by atoms with van der Waals surface area (Å²) < 4.78 is 38.8. The van der Waals surface area contributed by atoms with Gasteiger partial charge in [0.15, 0.2) is 5.78 Å². The SMILES string of the molecule is FP.[3H]OCC(=O)[C@@H](C)CC(=O)NS(C)(=O)=O. The number of nitrogens with one attached hydrogen (secondary N) is 1. The molecule has 0 bridgehead atoms. The molecular weight excluding hydrogens is 260 g/mol. The number of amides is 1. The molecule has 1 amide bonds. The van der Waals surface area contributed by atoms with Crippen molar-refractivity contribution in [2.24, 2.45) is 5.92 Å². The Morgan fingerprint density at radius 3 is 2.44 bits per heavy atom. The Kier molecular flexibility index (Phi) is 8.23. The zero-order valence-electron chi connectivity index (χ0n) is 9.90. The van der Waals surface area contributed by atoms with E-state index in [2.05, 4.69) is 5.11 Å². The first-order chi connectivity index (χ1) is 7.76. The Hall–Kier alpha value is -0.590. The van der Waals surface area contributed by atoms with Gasteiger partial charge in [0.25, 0.3) is 0 Å². The van der Waals surface area contributed by atoms with Gasteiger partial charge in [-0.1, -0.05) is 6.92 Å². The fraction of sp³-hybridized carbons (Fsp3) is 0.714. The van der Waals surface area contributed by atoms with E-state index in [4.69, 9.17) is 1.43 Å². The Bertz CT molecular complexity index is 350. The van der Waals surface area contributed by atoms with Crippen LogP contribution in [0.5, 0.6) is 0 Å². The van der Waals surface area contributed by atoms with E-state index in [9.17, 15) is 22.2 Å². The van der Waals surface area contributed by atoms with Crippen LogP contribution in [0.3, 0.4) is 0 Å². The molecule has 0 aromatic rings. The number of carbonyl (C=O) groups is 2. The zero-order valence-corrected chi connectivity index (χ0v) is 10.9. The van der Waals surface area contributed by atoms with Gasteiger partial charge in [-0.3, -0.25) is 14.3 Å². The third kappa shape index (κ3) is 9.95. The van der Waals surface area contributed by atoms with E-state index in [-0.39, 0.29) is 6.42 Å². The minimum atomic E-state index is -3.59. The molecule has 96 valence electrons. The number of Topliss-reactive ketones (excluding diaryl/α,β-unsaturated/α-hetero) is 1. The van der Waals surface area contributed by atoms with Gasteiger partial charge < -0.3 is 5.11 Å². The summed E-state index contributed by atoms with van der Waals surface area (Å²) in [7, 11) is -2.67. The highest BCUT2D eigenvalue weighted by atomic mass is 32.2. The molecule has 0 heterocycles. The Labute approximate surface area is 97.5 Å². The highest BCUT2D eigenvalue weighted by Gasteiger charge is 2.17. The lowest BCUT2D eigenvalue weighted by Gasteiger charge is -2.07. The molecule has 9 heteroatoms. The van der Waals surface area contributed by atoms with Crippen molar-refractivity contribution in [1.29, 1.82) is 1.43 Å². The number of hydrogen-bond donors (Lipinski definition) is 2. The van der Waals surface area contributed by atoms with Crippen LogP contribution in [0, 0.1) is 5.92 Å². The quantitative estimate of drug-likeness (QED) is 0.631. The molecule has 2 atom stereocenters. The van der Waals surface area contributed by atoms with Crippen molar-refractivity contribution < 1.29 is 27.3 Å². The molecule has 0 fully saturated rings. The maximum atomic E-state index is 11.1. The van der Waals surface area contributed by atoms with Crippen molar-refractivity contribution in [2.75, 3.05) is 12.9 Å². The summed E-state index contributed by atoms with van der Waals surface area (Å²) in [6.45, 7) is 1.05. The second-order valence-electron chi connectivity index (χ2n) is 3.01. The van der Waals surface area contributed by atoms with Gasteiger partial charge >= 0.3 is 0 Å². The van der Waals surface area contributed by atoms with Crippen LogP contribution in [0.4, 0.5) is 4.20 Å². The summed E-state index contributed by atoms with van der Waals surface area (Å²) in [5.41, 5.74) is 0. The van der Waals surface area contributed by atoms with Gasteiger partial charge in [-0.15, -0.1) is 0 Å². The van der Waals surface area contributed by atoms with Gasteiger partial charge in [0.2, 0.25) is 17.4 Å². The summed E-state index contributed by atoms with van der Waals surface area (Å²) in [6.07, 6.45) is 0.611. The lowest BCUT2D eigenvalue weighted by atomic mass is 10.0. The first-order valence-corrected chi connectivity index (χ1v) is 6.42. The molecule has 0 rings (SSSR count). The van der Waals surface area contributed by atoms with E-state index < -0.39 is 34.2 Å². The molecule has 0 aromatic carbocycles. The number of ketones is 1. The molecule has 0 radical (unpaired) electrons. The standard InChI is InChI=1S/C7H13NO5S.FH2P/c1-5(6(10)4-9)3-7(11)8-14(2,12)13;1-2/h5,9H,3-4H2,1-2H3,(H,8,11);2H2/t5-;/m0./s1/i9T;. The van der Waals surface area contributed by atoms with Crippen molar-refractivity contribution in [3.8, 4) is 0 Å². The first-order valence-electron chi connectivity index (χ1n) is 4.50. The maximum Gasteiger partial charge on any atom is 0.234 e. The number of sulfonamides is 1. The van der Waals surface area contributed by atoms with Crippen LogP contribution in [-0.2, 0) is 19.6 Å². The van der Waals surface area contributed by atoms with Crippen molar-refractivity contribution >= 4 is 31.3 Å². The Balaban J connectivity index is 0. The predicted molar refractivity (Wildman–Crippen MR) is 59.7 cm³/mol.